The number of benzene rings is 2. The fraction of sp³-hybridized carbons (Fsp3) is 0.477. The number of piperidine rings is 1. The average Bonchev–Trinajstić information content (AvgIpc) is 3.89. The summed E-state index contributed by atoms with van der Waals surface area (Å²) >= 11 is 1.60. The number of alkyl halides is 1. The van der Waals surface area contributed by atoms with Crippen LogP contribution in [-0.4, -0.2) is 135 Å². The first-order chi connectivity index (χ1) is 30.2. The molecule has 16 nitrogen and oxygen atoms in total. The lowest BCUT2D eigenvalue weighted by Gasteiger charge is -2.27. The van der Waals surface area contributed by atoms with Crippen molar-refractivity contribution in [3.8, 4) is 0 Å². The Balaban J connectivity index is 0.676. The van der Waals surface area contributed by atoms with Gasteiger partial charge in [-0.05, 0) is 61.6 Å². The highest BCUT2D eigenvalue weighted by molar-refractivity contribution is 7.16. The van der Waals surface area contributed by atoms with Gasteiger partial charge >= 0.3 is 0 Å². The highest BCUT2D eigenvalue weighted by atomic mass is 32.1. The highest BCUT2D eigenvalue weighted by Gasteiger charge is 2.45. The lowest BCUT2D eigenvalue weighted by atomic mass is 10.0. The molecule has 7 rings (SSSR count). The number of aromatic nitrogens is 2. The van der Waals surface area contributed by atoms with E-state index in [0.29, 0.717) is 76.5 Å². The van der Waals surface area contributed by atoms with Crippen LogP contribution in [0.15, 0.2) is 54.2 Å². The van der Waals surface area contributed by atoms with Gasteiger partial charge in [-0.25, -0.2) is 9.37 Å². The molecule has 2 aromatic carbocycles. The van der Waals surface area contributed by atoms with E-state index >= 15 is 0 Å². The van der Waals surface area contributed by atoms with E-state index in [4.69, 9.17) is 23.7 Å². The molecule has 2 aromatic heterocycles. The van der Waals surface area contributed by atoms with Gasteiger partial charge < -0.3 is 34.3 Å². The van der Waals surface area contributed by atoms with Crippen molar-refractivity contribution in [1.29, 1.82) is 0 Å². The van der Waals surface area contributed by atoms with Gasteiger partial charge in [-0.2, -0.15) is 0 Å². The number of imide groups is 2. The molecule has 0 radical (unpaired) electrons. The SMILES string of the molecule is O=C1CCC(N2C(=O)c3cccc(NCCOCCOCCOCCOCCOCC(F)CCC(=O)c4cnc(Cc5ccc6ncsc6c5)cc4NC4CC4)c3C2=O)C(=O)N1. The van der Waals surface area contributed by atoms with E-state index in [0.717, 1.165) is 44.9 Å². The van der Waals surface area contributed by atoms with Crippen molar-refractivity contribution in [2.75, 3.05) is 83.2 Å². The number of thiazole rings is 1. The second-order valence-electron chi connectivity index (χ2n) is 15.2. The fourth-order valence-electron chi connectivity index (χ4n) is 7.12. The number of hydrogen-bond donors (Lipinski definition) is 3. The highest BCUT2D eigenvalue weighted by Crippen LogP contribution is 2.33. The Bertz CT molecular complexity index is 2220. The van der Waals surface area contributed by atoms with E-state index in [9.17, 15) is 28.4 Å². The maximum Gasteiger partial charge on any atom is 0.264 e. The molecule has 1 saturated heterocycles. The zero-order valence-electron chi connectivity index (χ0n) is 34.4. The number of fused-ring (bicyclic) bond motifs is 2. The number of nitrogens with one attached hydrogen (secondary N) is 3. The maximum atomic E-state index is 14.6. The lowest BCUT2D eigenvalue weighted by molar-refractivity contribution is -0.136. The van der Waals surface area contributed by atoms with Crippen LogP contribution >= 0.6 is 11.3 Å². The van der Waals surface area contributed by atoms with Crippen molar-refractivity contribution in [3.05, 3.63) is 82.1 Å². The summed E-state index contributed by atoms with van der Waals surface area (Å²) in [4.78, 5) is 73.1. The molecular formula is C44H51FN6O10S. The summed E-state index contributed by atoms with van der Waals surface area (Å²) in [5.41, 5.74) is 6.89. The van der Waals surface area contributed by atoms with E-state index < -0.39 is 35.8 Å². The van der Waals surface area contributed by atoms with Crippen molar-refractivity contribution in [1.82, 2.24) is 20.2 Å². The number of carbonyl (C=O) groups excluding carboxylic acids is 5. The topological polar surface area (TPSA) is 197 Å². The van der Waals surface area contributed by atoms with Crippen molar-refractivity contribution in [2.45, 2.75) is 63.2 Å². The van der Waals surface area contributed by atoms with Crippen molar-refractivity contribution >= 4 is 62.3 Å². The van der Waals surface area contributed by atoms with Gasteiger partial charge in [0.1, 0.15) is 12.2 Å². The van der Waals surface area contributed by atoms with Crippen LogP contribution in [0.4, 0.5) is 15.8 Å². The summed E-state index contributed by atoms with van der Waals surface area (Å²) in [6.45, 7) is 3.19. The first-order valence-corrected chi connectivity index (χ1v) is 21.8. The zero-order valence-corrected chi connectivity index (χ0v) is 35.2. The Morgan fingerprint density at radius 3 is 2.31 bits per heavy atom. The Morgan fingerprint density at radius 1 is 0.855 bits per heavy atom. The minimum atomic E-state index is -1.28. The average molecular weight is 875 g/mol. The fourth-order valence-corrected chi connectivity index (χ4v) is 7.86. The van der Waals surface area contributed by atoms with Gasteiger partial charge in [0.05, 0.1) is 98.5 Å². The number of ether oxygens (including phenoxy) is 5. The third kappa shape index (κ3) is 12.2. The van der Waals surface area contributed by atoms with Crippen LogP contribution in [0.25, 0.3) is 10.2 Å². The second-order valence-corrected chi connectivity index (χ2v) is 16.0. The third-order valence-electron chi connectivity index (χ3n) is 10.5. The molecule has 3 N–H and O–H groups in total. The largest absolute Gasteiger partial charge is 0.382 e. The first kappa shape index (κ1) is 44.8. The number of nitrogens with zero attached hydrogens (tertiary/aromatic N) is 3. The number of anilines is 2. The monoisotopic (exact) mass is 874 g/mol. The van der Waals surface area contributed by atoms with E-state index in [1.165, 1.54) is 0 Å². The molecule has 4 heterocycles. The molecule has 2 atom stereocenters. The lowest BCUT2D eigenvalue weighted by Crippen LogP contribution is -2.54. The molecule has 1 aliphatic carbocycles. The first-order valence-electron chi connectivity index (χ1n) is 21.0. The van der Waals surface area contributed by atoms with Crippen molar-refractivity contribution in [2.24, 2.45) is 0 Å². The number of rotatable bonds is 27. The number of hydrogen-bond acceptors (Lipinski definition) is 15. The van der Waals surface area contributed by atoms with Crippen LogP contribution in [-0.2, 0) is 39.7 Å². The molecule has 330 valence electrons. The van der Waals surface area contributed by atoms with Gasteiger partial charge in [0.15, 0.2) is 5.78 Å². The Morgan fingerprint density at radius 2 is 1.58 bits per heavy atom. The summed E-state index contributed by atoms with van der Waals surface area (Å²) < 4.78 is 43.4. The predicted molar refractivity (Wildman–Crippen MR) is 227 cm³/mol. The van der Waals surface area contributed by atoms with Crippen LogP contribution in [0.3, 0.4) is 0 Å². The number of carbonyl (C=O) groups is 5. The van der Waals surface area contributed by atoms with Crippen LogP contribution in [0.2, 0.25) is 0 Å². The molecule has 62 heavy (non-hydrogen) atoms. The minimum absolute atomic E-state index is 0.0529. The molecule has 2 fully saturated rings. The summed E-state index contributed by atoms with van der Waals surface area (Å²) in [7, 11) is 0. The van der Waals surface area contributed by atoms with E-state index in [1.54, 1.807) is 35.7 Å². The molecule has 0 bridgehead atoms. The number of Topliss-reactive ketones (excluding diaryl/α,β-unsaturated/α-hetero) is 1. The van der Waals surface area contributed by atoms with Gasteiger partial charge in [0, 0.05) is 55.1 Å². The van der Waals surface area contributed by atoms with Gasteiger partial charge in [-0.15, -0.1) is 11.3 Å². The summed E-state index contributed by atoms with van der Waals surface area (Å²) in [5.74, 6) is -2.36. The van der Waals surface area contributed by atoms with Gasteiger partial charge in [-0.1, -0.05) is 12.1 Å². The van der Waals surface area contributed by atoms with E-state index in [1.807, 2.05) is 23.7 Å². The van der Waals surface area contributed by atoms with Gasteiger partial charge in [-0.3, -0.25) is 39.2 Å². The van der Waals surface area contributed by atoms with Gasteiger partial charge in [0.25, 0.3) is 11.8 Å². The standard InChI is InChI=1S/C44H51FN6O10S/c45-29(5-10-38(52)33-25-47-31(24-36(33)49-30-6-7-30)22-28-4-8-34-39(23-28)62-27-48-34)26-61-21-20-60-19-18-59-17-16-58-15-14-57-13-12-46-35-3-1-2-32-41(35)44(56)51(43(32)55)37-9-11-40(53)50-42(37)54/h1-4,8,23-25,27,29-30,37,46H,5-7,9-22,26H2,(H,47,49)(H,50,53,54). The molecule has 1 saturated carbocycles. The summed E-state index contributed by atoms with van der Waals surface area (Å²) in [6.07, 6.45) is 3.33. The predicted octanol–water partition coefficient (Wildman–Crippen LogP) is 4.75. The molecule has 3 aliphatic rings. The second kappa shape index (κ2) is 22.2. The zero-order chi connectivity index (χ0) is 43.3. The van der Waals surface area contributed by atoms with Crippen LogP contribution in [0.1, 0.15) is 80.9 Å². The normalized spacial score (nSPS) is 16.8. The number of ketones is 1. The molecule has 18 heteroatoms. The number of amides is 4. The molecule has 4 aromatic rings. The van der Waals surface area contributed by atoms with E-state index in [2.05, 4.69) is 32.0 Å². The van der Waals surface area contributed by atoms with Crippen molar-refractivity contribution < 1.29 is 52.0 Å². The Kier molecular flexibility index (Phi) is 16.1. The van der Waals surface area contributed by atoms with Crippen LogP contribution < -0.4 is 16.0 Å². The maximum absolute atomic E-state index is 14.6. The number of pyridine rings is 1. The molecular weight excluding hydrogens is 824 g/mol. The molecule has 4 amide bonds. The summed E-state index contributed by atoms with van der Waals surface area (Å²) in [5, 5.41) is 8.78. The third-order valence-corrected chi connectivity index (χ3v) is 11.3. The molecule has 2 unspecified atom stereocenters. The van der Waals surface area contributed by atoms with E-state index in [-0.39, 0.29) is 62.4 Å². The molecule has 0 spiro atoms. The van der Waals surface area contributed by atoms with Crippen LogP contribution in [0, 0.1) is 0 Å². The van der Waals surface area contributed by atoms with Gasteiger partial charge in [0.2, 0.25) is 11.8 Å². The molecule has 2 aliphatic heterocycles. The quantitative estimate of drug-likeness (QED) is 0.0422. The summed E-state index contributed by atoms with van der Waals surface area (Å²) in [6, 6.07) is 12.3. The van der Waals surface area contributed by atoms with Crippen molar-refractivity contribution in [3.63, 3.8) is 0 Å². The Labute approximate surface area is 362 Å². The minimum Gasteiger partial charge on any atom is -0.382 e. The number of halogens is 1. The smallest absolute Gasteiger partial charge is 0.264 e. The Hall–Kier alpha value is -5.24. The van der Waals surface area contributed by atoms with Crippen LogP contribution in [0.5, 0.6) is 0 Å².